The quantitative estimate of drug-likeness (QED) is 0.873. The Labute approximate surface area is 106 Å². The van der Waals surface area contributed by atoms with E-state index in [0.29, 0.717) is 18.8 Å². The Balaban J connectivity index is 2.54. The molecule has 0 saturated heterocycles. The fourth-order valence-corrected chi connectivity index (χ4v) is 2.97. The minimum Gasteiger partial charge on any atom is -0.479 e. The number of aliphatic carboxylic acids is 1. The van der Waals surface area contributed by atoms with E-state index in [1.54, 1.807) is 12.3 Å². The Morgan fingerprint density at radius 1 is 1.56 bits per heavy atom. The highest BCUT2D eigenvalue weighted by Gasteiger charge is 2.44. The van der Waals surface area contributed by atoms with E-state index in [4.69, 9.17) is 0 Å². The van der Waals surface area contributed by atoms with Crippen LogP contribution in [0.25, 0.3) is 0 Å². The molecule has 2 atom stereocenters. The van der Waals surface area contributed by atoms with E-state index >= 15 is 0 Å². The van der Waals surface area contributed by atoms with Gasteiger partial charge < -0.3 is 5.11 Å². The van der Waals surface area contributed by atoms with Crippen molar-refractivity contribution in [3.63, 3.8) is 0 Å². The van der Waals surface area contributed by atoms with Gasteiger partial charge in [0.2, 0.25) is 0 Å². The summed E-state index contributed by atoms with van der Waals surface area (Å²) in [5, 5.41) is 9.59. The smallest absolute Gasteiger partial charge is 0.330 e. The fraction of sp³-hybridized carbons (Fsp3) is 0.571. The summed E-state index contributed by atoms with van der Waals surface area (Å²) < 4.78 is 1.41. The summed E-state index contributed by atoms with van der Waals surface area (Å²) in [6, 6.07) is 3.30. The van der Waals surface area contributed by atoms with E-state index < -0.39 is 11.5 Å². The van der Waals surface area contributed by atoms with Gasteiger partial charge in [-0.05, 0) is 37.3 Å². The van der Waals surface area contributed by atoms with Crippen LogP contribution in [0.5, 0.6) is 0 Å². The van der Waals surface area contributed by atoms with Crippen LogP contribution in [0, 0.1) is 12.8 Å². The van der Waals surface area contributed by atoms with Gasteiger partial charge in [-0.2, -0.15) is 0 Å². The van der Waals surface area contributed by atoms with Crippen LogP contribution in [-0.2, 0) is 10.3 Å². The molecule has 1 N–H and O–H groups in total. The molecule has 4 nitrogen and oxygen atoms in total. The third-order valence-electron chi connectivity index (χ3n) is 3.91. The fourth-order valence-electron chi connectivity index (χ4n) is 2.97. The Kier molecular flexibility index (Phi) is 3.28. The number of hydrogen-bond acceptors (Lipinski definition) is 2. The van der Waals surface area contributed by atoms with Crippen LogP contribution in [0.4, 0.5) is 0 Å². The molecule has 1 heterocycles. The normalized spacial score (nSPS) is 28.0. The van der Waals surface area contributed by atoms with Crippen LogP contribution in [0.3, 0.4) is 0 Å². The van der Waals surface area contributed by atoms with Crippen LogP contribution >= 0.6 is 0 Å². The lowest BCUT2D eigenvalue weighted by molar-refractivity contribution is -0.150. The van der Waals surface area contributed by atoms with Gasteiger partial charge >= 0.3 is 5.97 Å². The van der Waals surface area contributed by atoms with E-state index in [2.05, 4.69) is 6.92 Å². The molecular formula is C14H19NO3. The number of rotatable bonds is 2. The van der Waals surface area contributed by atoms with Gasteiger partial charge in [0.15, 0.2) is 0 Å². The molecule has 1 aliphatic carbocycles. The van der Waals surface area contributed by atoms with Crippen molar-refractivity contribution in [2.75, 3.05) is 0 Å². The zero-order valence-electron chi connectivity index (χ0n) is 10.8. The number of aromatic nitrogens is 1. The zero-order valence-corrected chi connectivity index (χ0v) is 10.8. The van der Waals surface area contributed by atoms with E-state index in [1.807, 2.05) is 6.92 Å². The predicted molar refractivity (Wildman–Crippen MR) is 68.7 cm³/mol. The highest BCUT2D eigenvalue weighted by molar-refractivity contribution is 5.77. The second-order valence-corrected chi connectivity index (χ2v) is 5.45. The Morgan fingerprint density at radius 3 is 2.83 bits per heavy atom. The summed E-state index contributed by atoms with van der Waals surface area (Å²) in [6.07, 6.45) is 4.59. The standard InChI is InChI=1S/C14H19NO3/c1-10-5-7-15(12(16)8-10)14(13(17)18)6-3-4-11(2)9-14/h5,7-8,11H,3-4,6,9H2,1-2H3,(H,17,18). The highest BCUT2D eigenvalue weighted by atomic mass is 16.4. The summed E-state index contributed by atoms with van der Waals surface area (Å²) in [4.78, 5) is 23.8. The third kappa shape index (κ3) is 2.07. The number of carboxylic acids is 1. The summed E-state index contributed by atoms with van der Waals surface area (Å²) in [5.41, 5.74) is -0.408. The first kappa shape index (κ1) is 12.9. The summed E-state index contributed by atoms with van der Waals surface area (Å²) in [5.74, 6) is -0.553. The van der Waals surface area contributed by atoms with Crippen LogP contribution in [0.2, 0.25) is 0 Å². The summed E-state index contributed by atoms with van der Waals surface area (Å²) in [6.45, 7) is 3.89. The molecule has 4 heteroatoms. The average Bonchev–Trinajstić information content (AvgIpc) is 2.28. The maximum absolute atomic E-state index is 12.1. The molecule has 1 aromatic rings. The van der Waals surface area contributed by atoms with Crippen LogP contribution < -0.4 is 5.56 Å². The molecule has 1 fully saturated rings. The van der Waals surface area contributed by atoms with Crippen molar-refractivity contribution >= 4 is 5.97 Å². The molecule has 0 amide bonds. The van der Waals surface area contributed by atoms with Gasteiger partial charge in [0.1, 0.15) is 5.54 Å². The number of aryl methyl sites for hydroxylation is 1. The van der Waals surface area contributed by atoms with Crippen LogP contribution in [0.15, 0.2) is 23.1 Å². The predicted octanol–water partition coefficient (Wildman–Crippen LogP) is 2.15. The lowest BCUT2D eigenvalue weighted by atomic mass is 9.76. The van der Waals surface area contributed by atoms with Gasteiger partial charge in [-0.1, -0.05) is 19.8 Å². The van der Waals surface area contributed by atoms with E-state index in [-0.39, 0.29) is 5.56 Å². The van der Waals surface area contributed by atoms with Gasteiger partial charge in [-0.3, -0.25) is 9.36 Å². The molecule has 98 valence electrons. The number of pyridine rings is 1. The molecule has 2 rings (SSSR count). The lowest BCUT2D eigenvalue weighted by Gasteiger charge is -2.37. The number of nitrogens with zero attached hydrogens (tertiary/aromatic N) is 1. The largest absolute Gasteiger partial charge is 0.479 e. The minimum atomic E-state index is -1.05. The molecule has 1 aliphatic rings. The Hall–Kier alpha value is -1.58. The zero-order chi connectivity index (χ0) is 13.3. The third-order valence-corrected chi connectivity index (χ3v) is 3.91. The topological polar surface area (TPSA) is 59.3 Å². The highest BCUT2D eigenvalue weighted by Crippen LogP contribution is 2.37. The van der Waals surface area contributed by atoms with Crippen LogP contribution in [0.1, 0.15) is 38.2 Å². The second kappa shape index (κ2) is 4.59. The molecule has 0 aromatic carbocycles. The first-order valence-electron chi connectivity index (χ1n) is 6.39. The van der Waals surface area contributed by atoms with Gasteiger partial charge in [0.05, 0.1) is 0 Å². The van der Waals surface area contributed by atoms with Crippen molar-refractivity contribution in [2.24, 2.45) is 5.92 Å². The van der Waals surface area contributed by atoms with Crippen molar-refractivity contribution in [3.8, 4) is 0 Å². The second-order valence-electron chi connectivity index (χ2n) is 5.45. The Bertz CT molecular complexity index is 520. The van der Waals surface area contributed by atoms with Crippen molar-refractivity contribution in [2.45, 2.75) is 45.1 Å². The van der Waals surface area contributed by atoms with Gasteiger partial charge in [0.25, 0.3) is 5.56 Å². The molecule has 0 radical (unpaired) electrons. The molecule has 18 heavy (non-hydrogen) atoms. The lowest BCUT2D eigenvalue weighted by Crippen LogP contribution is -2.49. The maximum atomic E-state index is 12.1. The maximum Gasteiger partial charge on any atom is 0.330 e. The van der Waals surface area contributed by atoms with E-state index in [0.717, 1.165) is 18.4 Å². The minimum absolute atomic E-state index is 0.216. The molecule has 2 unspecified atom stereocenters. The molecule has 0 aliphatic heterocycles. The Morgan fingerprint density at radius 2 is 2.28 bits per heavy atom. The molecule has 0 bridgehead atoms. The van der Waals surface area contributed by atoms with Crippen molar-refractivity contribution in [1.82, 2.24) is 4.57 Å². The summed E-state index contributed by atoms with van der Waals surface area (Å²) >= 11 is 0. The SMILES string of the molecule is Cc1ccn(C2(C(=O)O)CCCC(C)C2)c(=O)c1. The van der Waals surface area contributed by atoms with Crippen LogP contribution in [-0.4, -0.2) is 15.6 Å². The van der Waals surface area contributed by atoms with Crippen molar-refractivity contribution in [1.29, 1.82) is 0 Å². The van der Waals surface area contributed by atoms with Crippen molar-refractivity contribution in [3.05, 3.63) is 34.2 Å². The molecule has 1 saturated carbocycles. The van der Waals surface area contributed by atoms with Crippen molar-refractivity contribution < 1.29 is 9.90 Å². The number of carbonyl (C=O) groups is 1. The average molecular weight is 249 g/mol. The first-order valence-corrected chi connectivity index (χ1v) is 6.39. The van der Waals surface area contributed by atoms with Gasteiger partial charge in [0, 0.05) is 12.3 Å². The van der Waals surface area contributed by atoms with Gasteiger partial charge in [-0.15, -0.1) is 0 Å². The molecular weight excluding hydrogens is 230 g/mol. The van der Waals surface area contributed by atoms with Gasteiger partial charge in [-0.25, -0.2) is 4.79 Å². The summed E-state index contributed by atoms with van der Waals surface area (Å²) in [7, 11) is 0. The van der Waals surface area contributed by atoms with E-state index in [9.17, 15) is 14.7 Å². The first-order chi connectivity index (χ1) is 8.45. The number of carboxylic acid groups (broad SMARTS) is 1. The molecule has 0 spiro atoms. The number of hydrogen-bond donors (Lipinski definition) is 1. The monoisotopic (exact) mass is 249 g/mol. The molecule has 1 aromatic heterocycles. The van der Waals surface area contributed by atoms with E-state index in [1.165, 1.54) is 10.6 Å².